The summed E-state index contributed by atoms with van der Waals surface area (Å²) in [7, 11) is -0.441. The third-order valence-electron chi connectivity index (χ3n) is 2.86. The molecule has 0 bridgehead atoms. The predicted octanol–water partition coefficient (Wildman–Crippen LogP) is 0.426. The Hall–Kier alpha value is -2.00. The van der Waals surface area contributed by atoms with Crippen molar-refractivity contribution in [3.05, 3.63) is 30.7 Å². The van der Waals surface area contributed by atoms with Crippen LogP contribution in [0.4, 0.5) is 5.82 Å². The molecular formula is C12H18N6O2S. The van der Waals surface area contributed by atoms with E-state index >= 15 is 0 Å². The van der Waals surface area contributed by atoms with Gasteiger partial charge in [-0.15, -0.1) is 5.10 Å². The molecule has 21 heavy (non-hydrogen) atoms. The smallest absolute Gasteiger partial charge is 0.244 e. The van der Waals surface area contributed by atoms with Gasteiger partial charge in [0, 0.05) is 39.6 Å². The van der Waals surface area contributed by atoms with Crippen LogP contribution in [0.5, 0.6) is 0 Å². The molecule has 0 aliphatic heterocycles. The number of hydrogen-bond acceptors (Lipinski definition) is 6. The quantitative estimate of drug-likeness (QED) is 0.745. The van der Waals surface area contributed by atoms with Crippen molar-refractivity contribution < 1.29 is 8.42 Å². The molecule has 1 N–H and O–H groups in total. The fraction of sp³-hybridized carbons (Fsp3) is 0.417. The van der Waals surface area contributed by atoms with Crippen molar-refractivity contribution >= 4 is 15.8 Å². The minimum absolute atomic E-state index is 0.181. The molecule has 0 saturated heterocycles. The number of rotatable bonds is 7. The van der Waals surface area contributed by atoms with Gasteiger partial charge in [0.05, 0.1) is 6.20 Å². The van der Waals surface area contributed by atoms with Crippen LogP contribution in [0, 0.1) is 0 Å². The Morgan fingerprint density at radius 2 is 2.14 bits per heavy atom. The van der Waals surface area contributed by atoms with Crippen LogP contribution in [-0.4, -0.2) is 53.3 Å². The Morgan fingerprint density at radius 3 is 2.71 bits per heavy atom. The van der Waals surface area contributed by atoms with Gasteiger partial charge in [-0.3, -0.25) is 4.68 Å². The van der Waals surface area contributed by atoms with Gasteiger partial charge < -0.3 is 5.32 Å². The summed E-state index contributed by atoms with van der Waals surface area (Å²) in [5.41, 5.74) is 0. The highest BCUT2D eigenvalue weighted by molar-refractivity contribution is 7.89. The highest BCUT2D eigenvalue weighted by atomic mass is 32.2. The van der Waals surface area contributed by atoms with Gasteiger partial charge in [0.1, 0.15) is 10.7 Å². The number of anilines is 1. The van der Waals surface area contributed by atoms with Gasteiger partial charge in [0.2, 0.25) is 10.0 Å². The third kappa shape index (κ3) is 3.99. The Kier molecular flexibility index (Phi) is 4.86. The lowest BCUT2D eigenvalue weighted by Crippen LogP contribution is -2.22. The number of hydrogen-bond donors (Lipinski definition) is 1. The molecule has 114 valence electrons. The molecule has 9 heteroatoms. The maximum absolute atomic E-state index is 11.9. The van der Waals surface area contributed by atoms with Crippen LogP contribution < -0.4 is 5.32 Å². The number of nitrogens with one attached hydrogen (secondary N) is 1. The summed E-state index contributed by atoms with van der Waals surface area (Å²) < 4.78 is 26.7. The van der Waals surface area contributed by atoms with E-state index in [9.17, 15) is 8.42 Å². The van der Waals surface area contributed by atoms with Crippen molar-refractivity contribution in [2.45, 2.75) is 17.9 Å². The molecule has 2 aromatic heterocycles. The summed E-state index contributed by atoms with van der Waals surface area (Å²) in [6, 6.07) is 3.20. The van der Waals surface area contributed by atoms with Gasteiger partial charge in [-0.05, 0) is 18.6 Å². The van der Waals surface area contributed by atoms with E-state index in [1.807, 2.05) is 0 Å². The second-order valence-electron chi connectivity index (χ2n) is 4.61. The lowest BCUT2D eigenvalue weighted by Gasteiger charge is -2.11. The van der Waals surface area contributed by atoms with Crippen molar-refractivity contribution in [1.82, 2.24) is 24.3 Å². The average molecular weight is 310 g/mol. The molecule has 0 aromatic carbocycles. The zero-order valence-electron chi connectivity index (χ0n) is 12.0. The largest absolute Gasteiger partial charge is 0.370 e. The average Bonchev–Trinajstić information content (AvgIpc) is 2.97. The van der Waals surface area contributed by atoms with Crippen molar-refractivity contribution in [1.29, 1.82) is 0 Å². The zero-order valence-corrected chi connectivity index (χ0v) is 12.8. The second kappa shape index (κ2) is 6.64. The maximum Gasteiger partial charge on any atom is 0.244 e. The van der Waals surface area contributed by atoms with E-state index in [0.717, 1.165) is 17.3 Å². The third-order valence-corrected chi connectivity index (χ3v) is 4.66. The van der Waals surface area contributed by atoms with Gasteiger partial charge >= 0.3 is 0 Å². The van der Waals surface area contributed by atoms with E-state index < -0.39 is 10.0 Å². The molecule has 0 fully saturated rings. The molecule has 2 aromatic rings. The normalized spacial score (nSPS) is 11.8. The van der Waals surface area contributed by atoms with Gasteiger partial charge in [-0.2, -0.15) is 0 Å². The zero-order chi connectivity index (χ0) is 15.3. The molecule has 0 aliphatic rings. The van der Waals surface area contributed by atoms with Gasteiger partial charge in [-0.25, -0.2) is 17.7 Å². The first kappa shape index (κ1) is 15.4. The Morgan fingerprint density at radius 1 is 1.33 bits per heavy atom. The lowest BCUT2D eigenvalue weighted by atomic mass is 10.4. The molecule has 0 spiro atoms. The summed E-state index contributed by atoms with van der Waals surface area (Å²) in [4.78, 5) is 4.29. The van der Waals surface area contributed by atoms with Crippen molar-refractivity contribution in [2.24, 2.45) is 0 Å². The number of aryl methyl sites for hydroxylation is 1. The highest BCUT2D eigenvalue weighted by Gasteiger charge is 2.17. The van der Waals surface area contributed by atoms with Crippen molar-refractivity contribution in [3.63, 3.8) is 0 Å². The van der Waals surface area contributed by atoms with Crippen LogP contribution in [0.1, 0.15) is 6.42 Å². The number of aromatic nitrogens is 4. The molecular weight excluding hydrogens is 292 g/mol. The van der Waals surface area contributed by atoms with Crippen molar-refractivity contribution in [3.8, 4) is 0 Å². The molecule has 0 amide bonds. The fourth-order valence-corrected chi connectivity index (χ4v) is 2.51. The number of sulfonamides is 1. The van der Waals surface area contributed by atoms with E-state index in [1.165, 1.54) is 20.3 Å². The first-order valence-corrected chi connectivity index (χ1v) is 7.91. The monoisotopic (exact) mass is 310 g/mol. The summed E-state index contributed by atoms with van der Waals surface area (Å²) in [5, 5.41) is 10.7. The van der Waals surface area contributed by atoms with Crippen LogP contribution >= 0.6 is 0 Å². The van der Waals surface area contributed by atoms with E-state index in [1.54, 1.807) is 29.2 Å². The second-order valence-corrected chi connectivity index (χ2v) is 6.76. The van der Waals surface area contributed by atoms with E-state index in [2.05, 4.69) is 20.6 Å². The molecule has 0 radical (unpaired) electrons. The molecule has 0 saturated carbocycles. The van der Waals surface area contributed by atoms with E-state index in [-0.39, 0.29) is 4.90 Å². The van der Waals surface area contributed by atoms with E-state index in [0.29, 0.717) is 12.4 Å². The molecule has 0 atom stereocenters. The minimum atomic E-state index is -3.42. The molecule has 8 nitrogen and oxygen atoms in total. The lowest BCUT2D eigenvalue weighted by molar-refractivity contribution is 0.520. The number of pyridine rings is 1. The summed E-state index contributed by atoms with van der Waals surface area (Å²) >= 11 is 0. The maximum atomic E-state index is 11.9. The summed E-state index contributed by atoms with van der Waals surface area (Å²) in [5.74, 6) is 0.645. The summed E-state index contributed by atoms with van der Waals surface area (Å²) in [6.45, 7) is 1.48. The fourth-order valence-electron chi connectivity index (χ4n) is 1.66. The van der Waals surface area contributed by atoms with Crippen LogP contribution in [0.3, 0.4) is 0 Å². The van der Waals surface area contributed by atoms with Gasteiger partial charge in [-0.1, -0.05) is 5.21 Å². The molecule has 2 heterocycles. The predicted molar refractivity (Wildman–Crippen MR) is 78.2 cm³/mol. The Balaban J connectivity index is 1.85. The topological polar surface area (TPSA) is 93.0 Å². The number of nitrogens with zero attached hydrogens (tertiary/aromatic N) is 5. The highest BCUT2D eigenvalue weighted by Crippen LogP contribution is 2.13. The molecule has 2 rings (SSSR count). The molecule has 0 unspecified atom stereocenters. The Labute approximate surface area is 123 Å². The van der Waals surface area contributed by atoms with E-state index in [4.69, 9.17) is 0 Å². The minimum Gasteiger partial charge on any atom is -0.370 e. The van der Waals surface area contributed by atoms with Crippen molar-refractivity contribution in [2.75, 3.05) is 26.0 Å². The van der Waals surface area contributed by atoms with Gasteiger partial charge in [0.25, 0.3) is 0 Å². The van der Waals surface area contributed by atoms with Crippen LogP contribution in [0.2, 0.25) is 0 Å². The molecule has 0 aliphatic carbocycles. The standard InChI is InChI=1S/C12H18N6O2S/c1-17(2)21(19,20)11-4-5-12(14-10-11)13-6-3-8-18-9-7-15-16-18/h4-5,7,9-10H,3,6,8H2,1-2H3,(H,13,14). The van der Waals surface area contributed by atoms with Crippen LogP contribution in [0.25, 0.3) is 0 Å². The summed E-state index contributed by atoms with van der Waals surface area (Å²) in [6.07, 6.45) is 5.66. The SMILES string of the molecule is CN(C)S(=O)(=O)c1ccc(NCCCn2ccnn2)nc1. The van der Waals surface area contributed by atoms with Gasteiger partial charge in [0.15, 0.2) is 0 Å². The van der Waals surface area contributed by atoms with Crippen LogP contribution in [-0.2, 0) is 16.6 Å². The first-order chi connectivity index (χ1) is 10.00. The Bertz CT molecular complexity index is 652. The van der Waals surface area contributed by atoms with Crippen LogP contribution in [0.15, 0.2) is 35.6 Å². The first-order valence-electron chi connectivity index (χ1n) is 6.47.